The van der Waals surface area contributed by atoms with Gasteiger partial charge in [-0.1, -0.05) is 12.1 Å². The van der Waals surface area contributed by atoms with Crippen molar-refractivity contribution < 1.29 is 0 Å². The van der Waals surface area contributed by atoms with E-state index in [9.17, 15) is 0 Å². The van der Waals surface area contributed by atoms with Crippen molar-refractivity contribution in [1.82, 2.24) is 9.97 Å². The van der Waals surface area contributed by atoms with Crippen molar-refractivity contribution in [3.05, 3.63) is 51.7 Å². The Morgan fingerprint density at radius 2 is 2.00 bits per heavy atom. The average molecular weight is 361 g/mol. The van der Waals surface area contributed by atoms with Gasteiger partial charge in [0.2, 0.25) is 0 Å². The van der Waals surface area contributed by atoms with Gasteiger partial charge in [-0.3, -0.25) is 4.98 Å². The van der Waals surface area contributed by atoms with Gasteiger partial charge in [0.15, 0.2) is 0 Å². The molecule has 3 nitrogen and oxygen atoms in total. The SMILES string of the molecule is Cc1cccnc1-c1ccc2nc(N)c(I)cc2c1. The molecular formula is C15H12IN3. The van der Waals surface area contributed by atoms with Gasteiger partial charge in [0, 0.05) is 17.1 Å². The number of benzene rings is 1. The fourth-order valence-corrected chi connectivity index (χ4v) is 2.56. The molecule has 0 aliphatic carbocycles. The molecule has 0 atom stereocenters. The van der Waals surface area contributed by atoms with Crippen molar-refractivity contribution in [3.8, 4) is 11.3 Å². The molecule has 0 bridgehead atoms. The number of hydrogen-bond donors (Lipinski definition) is 1. The summed E-state index contributed by atoms with van der Waals surface area (Å²) in [6.45, 7) is 2.07. The van der Waals surface area contributed by atoms with E-state index in [1.165, 1.54) is 5.56 Å². The Hall–Kier alpha value is -1.69. The van der Waals surface area contributed by atoms with Crippen LogP contribution in [0.1, 0.15) is 5.56 Å². The minimum atomic E-state index is 0.579. The monoisotopic (exact) mass is 361 g/mol. The Balaban J connectivity index is 2.22. The number of fused-ring (bicyclic) bond motifs is 1. The van der Waals surface area contributed by atoms with E-state index in [0.29, 0.717) is 5.82 Å². The fraction of sp³-hybridized carbons (Fsp3) is 0.0667. The van der Waals surface area contributed by atoms with Gasteiger partial charge in [0.1, 0.15) is 5.82 Å². The number of hydrogen-bond acceptors (Lipinski definition) is 3. The molecule has 0 spiro atoms. The summed E-state index contributed by atoms with van der Waals surface area (Å²) in [5, 5.41) is 1.08. The van der Waals surface area contributed by atoms with Crippen LogP contribution >= 0.6 is 22.6 Å². The van der Waals surface area contributed by atoms with E-state index in [0.717, 1.165) is 25.7 Å². The smallest absolute Gasteiger partial charge is 0.137 e. The second kappa shape index (κ2) is 4.77. The second-order valence-corrected chi connectivity index (χ2v) is 5.59. The molecule has 0 saturated carbocycles. The van der Waals surface area contributed by atoms with Crippen LogP contribution in [-0.2, 0) is 0 Å². The average Bonchev–Trinajstić information content (AvgIpc) is 2.40. The molecule has 0 aliphatic heterocycles. The molecule has 0 fully saturated rings. The van der Waals surface area contributed by atoms with Crippen molar-refractivity contribution in [3.63, 3.8) is 0 Å². The molecule has 2 N–H and O–H groups in total. The first-order valence-corrected chi connectivity index (χ1v) is 7.01. The Morgan fingerprint density at radius 1 is 1.16 bits per heavy atom. The molecule has 4 heteroatoms. The van der Waals surface area contributed by atoms with Crippen LogP contribution in [0.4, 0.5) is 5.82 Å². The van der Waals surface area contributed by atoms with Gasteiger partial charge in [0.25, 0.3) is 0 Å². The summed E-state index contributed by atoms with van der Waals surface area (Å²) in [6, 6.07) is 12.2. The molecule has 94 valence electrons. The molecule has 2 aromatic heterocycles. The third kappa shape index (κ3) is 2.28. The normalized spacial score (nSPS) is 10.8. The highest BCUT2D eigenvalue weighted by Gasteiger charge is 2.06. The van der Waals surface area contributed by atoms with Crippen molar-refractivity contribution in [1.29, 1.82) is 0 Å². The largest absolute Gasteiger partial charge is 0.383 e. The molecule has 1 aromatic carbocycles. The lowest BCUT2D eigenvalue weighted by Gasteiger charge is -2.07. The highest BCUT2D eigenvalue weighted by Crippen LogP contribution is 2.26. The molecule has 0 unspecified atom stereocenters. The van der Waals surface area contributed by atoms with Gasteiger partial charge < -0.3 is 5.73 Å². The summed E-state index contributed by atoms with van der Waals surface area (Å²) in [5.41, 5.74) is 10.0. The zero-order valence-electron chi connectivity index (χ0n) is 10.4. The number of anilines is 1. The maximum absolute atomic E-state index is 5.83. The Bertz CT molecular complexity index is 768. The van der Waals surface area contributed by atoms with E-state index in [1.807, 2.05) is 24.4 Å². The lowest BCUT2D eigenvalue weighted by Crippen LogP contribution is -1.94. The summed E-state index contributed by atoms with van der Waals surface area (Å²) < 4.78 is 0.972. The molecule has 3 rings (SSSR count). The highest BCUT2D eigenvalue weighted by molar-refractivity contribution is 14.1. The van der Waals surface area contributed by atoms with Crippen LogP contribution in [0.15, 0.2) is 42.6 Å². The standard InChI is InChI=1S/C15H12IN3/c1-9-3-2-6-18-14(9)10-4-5-13-11(7-10)8-12(16)15(17)19-13/h2-8H,1H3,(H2,17,19). The predicted molar refractivity (Wildman–Crippen MR) is 86.8 cm³/mol. The van der Waals surface area contributed by atoms with E-state index < -0.39 is 0 Å². The lowest BCUT2D eigenvalue weighted by molar-refractivity contribution is 1.27. The van der Waals surface area contributed by atoms with Crippen LogP contribution in [-0.4, -0.2) is 9.97 Å². The van der Waals surface area contributed by atoms with Gasteiger partial charge in [-0.15, -0.1) is 0 Å². The van der Waals surface area contributed by atoms with E-state index >= 15 is 0 Å². The highest BCUT2D eigenvalue weighted by atomic mass is 127. The summed E-state index contributed by atoms with van der Waals surface area (Å²) in [5.74, 6) is 0.579. The fourth-order valence-electron chi connectivity index (χ4n) is 2.10. The Morgan fingerprint density at radius 3 is 2.79 bits per heavy atom. The quantitative estimate of drug-likeness (QED) is 0.671. The maximum atomic E-state index is 5.83. The van der Waals surface area contributed by atoms with Gasteiger partial charge in [0.05, 0.1) is 14.8 Å². The first kappa shape index (κ1) is 12.3. The lowest BCUT2D eigenvalue weighted by atomic mass is 10.0. The molecule has 0 amide bonds. The molecule has 2 heterocycles. The molecule has 3 aromatic rings. The van der Waals surface area contributed by atoms with E-state index in [2.05, 4.69) is 57.7 Å². The molecular weight excluding hydrogens is 349 g/mol. The van der Waals surface area contributed by atoms with E-state index in [4.69, 9.17) is 5.73 Å². The summed E-state index contributed by atoms with van der Waals surface area (Å²) in [7, 11) is 0. The van der Waals surface area contributed by atoms with Crippen LogP contribution in [0, 0.1) is 10.5 Å². The number of nitrogens with zero attached hydrogens (tertiary/aromatic N) is 2. The van der Waals surface area contributed by atoms with Crippen molar-refractivity contribution >= 4 is 39.3 Å². The minimum Gasteiger partial charge on any atom is -0.383 e. The summed E-state index contributed by atoms with van der Waals surface area (Å²) in [6.07, 6.45) is 1.82. The Labute approximate surface area is 125 Å². The topological polar surface area (TPSA) is 51.8 Å². The maximum Gasteiger partial charge on any atom is 0.137 e. The van der Waals surface area contributed by atoms with Crippen molar-refractivity contribution in [2.75, 3.05) is 5.73 Å². The van der Waals surface area contributed by atoms with Gasteiger partial charge >= 0.3 is 0 Å². The number of aryl methyl sites for hydroxylation is 1. The summed E-state index contributed by atoms with van der Waals surface area (Å²) >= 11 is 2.20. The van der Waals surface area contributed by atoms with Crippen LogP contribution < -0.4 is 5.73 Å². The van der Waals surface area contributed by atoms with Gasteiger partial charge in [-0.25, -0.2) is 4.98 Å². The minimum absolute atomic E-state index is 0.579. The number of aromatic nitrogens is 2. The van der Waals surface area contributed by atoms with Crippen LogP contribution in [0.2, 0.25) is 0 Å². The van der Waals surface area contributed by atoms with Crippen molar-refractivity contribution in [2.45, 2.75) is 6.92 Å². The van der Waals surface area contributed by atoms with Gasteiger partial charge in [-0.2, -0.15) is 0 Å². The number of nitrogens with two attached hydrogens (primary N) is 1. The first-order valence-electron chi connectivity index (χ1n) is 5.93. The summed E-state index contributed by atoms with van der Waals surface area (Å²) in [4.78, 5) is 8.83. The molecule has 19 heavy (non-hydrogen) atoms. The second-order valence-electron chi connectivity index (χ2n) is 4.43. The van der Waals surface area contributed by atoms with E-state index in [1.54, 1.807) is 0 Å². The zero-order valence-corrected chi connectivity index (χ0v) is 12.5. The third-order valence-electron chi connectivity index (χ3n) is 3.08. The first-order chi connectivity index (χ1) is 9.15. The van der Waals surface area contributed by atoms with Crippen LogP contribution in [0.5, 0.6) is 0 Å². The third-order valence-corrected chi connectivity index (χ3v) is 3.94. The van der Waals surface area contributed by atoms with Crippen LogP contribution in [0.3, 0.4) is 0 Å². The number of halogens is 1. The molecule has 0 radical (unpaired) electrons. The predicted octanol–water partition coefficient (Wildman–Crippen LogP) is 3.79. The van der Waals surface area contributed by atoms with Gasteiger partial charge in [-0.05, 0) is 59.3 Å². The Kier molecular flexibility index (Phi) is 3.10. The van der Waals surface area contributed by atoms with E-state index in [-0.39, 0.29) is 0 Å². The van der Waals surface area contributed by atoms with Crippen molar-refractivity contribution in [2.24, 2.45) is 0 Å². The molecule has 0 saturated heterocycles. The number of nitrogen functional groups attached to an aromatic ring is 1. The van der Waals surface area contributed by atoms with Crippen LogP contribution in [0.25, 0.3) is 22.2 Å². The molecule has 0 aliphatic rings. The number of rotatable bonds is 1. The zero-order chi connectivity index (χ0) is 13.4. The number of pyridine rings is 2.